The number of rotatable bonds is 6. The smallest absolute Gasteiger partial charge is 0.328 e. The van der Waals surface area contributed by atoms with Crippen LogP contribution in [0.5, 0.6) is 11.5 Å². The largest absolute Gasteiger partial charge is 0.493 e. The maximum atomic E-state index is 10.5. The molecule has 22 heavy (non-hydrogen) atoms. The minimum Gasteiger partial charge on any atom is -0.493 e. The number of hydrogen-bond acceptors (Lipinski definition) is 5. The first kappa shape index (κ1) is 15.8. The second kappa shape index (κ2) is 7.42. The van der Waals surface area contributed by atoms with Crippen molar-refractivity contribution in [3.63, 3.8) is 0 Å². The maximum Gasteiger partial charge on any atom is 0.328 e. The number of ether oxygens (including phenoxy) is 2. The van der Waals surface area contributed by atoms with Crippen molar-refractivity contribution in [2.24, 2.45) is 0 Å². The Morgan fingerprint density at radius 2 is 1.95 bits per heavy atom. The van der Waals surface area contributed by atoms with Gasteiger partial charge in [0.05, 0.1) is 14.2 Å². The van der Waals surface area contributed by atoms with E-state index in [9.17, 15) is 4.79 Å². The first-order valence-electron chi connectivity index (χ1n) is 6.39. The highest BCUT2D eigenvalue weighted by molar-refractivity contribution is 7.13. The van der Waals surface area contributed by atoms with Gasteiger partial charge in [0.2, 0.25) is 0 Å². The Morgan fingerprint density at radius 1 is 1.18 bits per heavy atom. The Labute approximate surface area is 132 Å². The molecule has 0 atom stereocenters. The molecule has 0 saturated heterocycles. The summed E-state index contributed by atoms with van der Waals surface area (Å²) in [5, 5.41) is 9.38. The molecule has 6 heteroatoms. The third kappa shape index (κ3) is 4.20. The highest BCUT2D eigenvalue weighted by Gasteiger charge is 2.03. The van der Waals surface area contributed by atoms with Gasteiger partial charge in [-0.1, -0.05) is 12.1 Å². The number of aromatic nitrogens is 1. The van der Waals surface area contributed by atoms with Crippen LogP contribution < -0.4 is 9.47 Å². The Morgan fingerprint density at radius 3 is 2.64 bits per heavy atom. The van der Waals surface area contributed by atoms with E-state index in [1.54, 1.807) is 20.4 Å². The molecule has 0 aliphatic rings. The van der Waals surface area contributed by atoms with Crippen LogP contribution in [-0.4, -0.2) is 30.3 Å². The first-order valence-corrected chi connectivity index (χ1v) is 7.21. The van der Waals surface area contributed by atoms with Crippen LogP contribution >= 0.6 is 11.3 Å². The molecule has 1 N–H and O–H groups in total. The minimum atomic E-state index is -0.976. The van der Waals surface area contributed by atoms with Crippen LogP contribution in [0.4, 0.5) is 0 Å². The molecule has 2 aromatic rings. The van der Waals surface area contributed by atoms with Crippen LogP contribution in [0.1, 0.15) is 15.4 Å². The van der Waals surface area contributed by atoms with Gasteiger partial charge in [0.15, 0.2) is 11.5 Å². The van der Waals surface area contributed by atoms with Gasteiger partial charge in [0.25, 0.3) is 0 Å². The second-order valence-electron chi connectivity index (χ2n) is 4.22. The van der Waals surface area contributed by atoms with Crippen LogP contribution in [0.25, 0.3) is 18.2 Å². The number of carboxylic acids is 1. The third-order valence-corrected chi connectivity index (χ3v) is 3.69. The summed E-state index contributed by atoms with van der Waals surface area (Å²) >= 11 is 1.41. The fraction of sp³-hybridized carbons (Fsp3) is 0.125. The topological polar surface area (TPSA) is 68.7 Å². The monoisotopic (exact) mass is 317 g/mol. The summed E-state index contributed by atoms with van der Waals surface area (Å²) in [6, 6.07) is 5.62. The molecule has 0 bridgehead atoms. The van der Waals surface area contributed by atoms with Crippen LogP contribution in [0.15, 0.2) is 30.5 Å². The zero-order chi connectivity index (χ0) is 15.9. The SMILES string of the molecule is COc1ccc(/C=C/c2ncc(/C=C/C(=O)O)s2)cc1OC. The number of hydrogen-bond donors (Lipinski definition) is 1. The van der Waals surface area contributed by atoms with Crippen molar-refractivity contribution in [2.45, 2.75) is 0 Å². The number of thiazole rings is 1. The van der Waals surface area contributed by atoms with Gasteiger partial charge in [-0.05, 0) is 29.8 Å². The molecule has 1 aromatic heterocycles. The van der Waals surface area contributed by atoms with Crippen LogP contribution in [-0.2, 0) is 4.79 Å². The molecule has 0 amide bonds. The summed E-state index contributed by atoms with van der Waals surface area (Å²) < 4.78 is 10.4. The lowest BCUT2D eigenvalue weighted by atomic mass is 10.2. The fourth-order valence-electron chi connectivity index (χ4n) is 1.73. The molecule has 0 spiro atoms. The van der Waals surface area contributed by atoms with Crippen LogP contribution in [0, 0.1) is 0 Å². The maximum absolute atomic E-state index is 10.5. The molecule has 2 rings (SSSR count). The quantitative estimate of drug-likeness (QED) is 0.827. The Balaban J connectivity index is 2.13. The average Bonchev–Trinajstić information content (AvgIpc) is 2.98. The molecule has 0 aliphatic carbocycles. The van der Waals surface area contributed by atoms with Crippen molar-refractivity contribution < 1.29 is 19.4 Å². The van der Waals surface area contributed by atoms with Crippen molar-refractivity contribution >= 4 is 35.5 Å². The molecule has 5 nitrogen and oxygen atoms in total. The van der Waals surface area contributed by atoms with Gasteiger partial charge in [-0.3, -0.25) is 0 Å². The predicted octanol–water partition coefficient (Wildman–Crippen LogP) is 3.43. The highest BCUT2D eigenvalue weighted by atomic mass is 32.1. The van der Waals surface area contributed by atoms with E-state index < -0.39 is 5.97 Å². The van der Waals surface area contributed by atoms with E-state index in [4.69, 9.17) is 14.6 Å². The normalized spacial score (nSPS) is 11.2. The number of methoxy groups -OCH3 is 2. The summed E-state index contributed by atoms with van der Waals surface area (Å²) in [6.07, 6.45) is 8.02. The lowest BCUT2D eigenvalue weighted by molar-refractivity contribution is -0.131. The third-order valence-electron chi connectivity index (χ3n) is 2.76. The van der Waals surface area contributed by atoms with E-state index in [-0.39, 0.29) is 0 Å². The second-order valence-corrected chi connectivity index (χ2v) is 5.31. The van der Waals surface area contributed by atoms with Crippen molar-refractivity contribution in [3.8, 4) is 11.5 Å². The van der Waals surface area contributed by atoms with Crippen LogP contribution in [0.2, 0.25) is 0 Å². The first-order chi connectivity index (χ1) is 10.6. The van der Waals surface area contributed by atoms with E-state index in [1.165, 1.54) is 17.4 Å². The van der Waals surface area contributed by atoms with Gasteiger partial charge in [-0.25, -0.2) is 9.78 Å². The van der Waals surface area contributed by atoms with Crippen LogP contribution in [0.3, 0.4) is 0 Å². The van der Waals surface area contributed by atoms with Crippen molar-refractivity contribution in [1.82, 2.24) is 4.98 Å². The van der Waals surface area contributed by atoms with Crippen molar-refractivity contribution in [1.29, 1.82) is 0 Å². The number of benzene rings is 1. The fourth-order valence-corrected chi connectivity index (χ4v) is 2.46. The van der Waals surface area contributed by atoms with Crippen molar-refractivity contribution in [2.75, 3.05) is 14.2 Å². The molecule has 0 unspecified atom stereocenters. The van der Waals surface area contributed by atoms with Gasteiger partial charge >= 0.3 is 5.97 Å². The zero-order valence-corrected chi connectivity index (χ0v) is 13.0. The van der Waals surface area contributed by atoms with Gasteiger partial charge in [-0.15, -0.1) is 11.3 Å². The molecule has 0 aliphatic heterocycles. The summed E-state index contributed by atoms with van der Waals surface area (Å²) in [5.41, 5.74) is 0.954. The molecular formula is C16H15NO4S. The Kier molecular flexibility index (Phi) is 5.32. The predicted molar refractivity (Wildman–Crippen MR) is 87.3 cm³/mol. The molecule has 114 valence electrons. The summed E-state index contributed by atoms with van der Waals surface area (Å²) in [5.74, 6) is 0.361. The lowest BCUT2D eigenvalue weighted by Gasteiger charge is -2.07. The van der Waals surface area contributed by atoms with E-state index in [0.717, 1.165) is 21.5 Å². The van der Waals surface area contributed by atoms with Gasteiger partial charge in [0, 0.05) is 17.2 Å². The van der Waals surface area contributed by atoms with E-state index in [1.807, 2.05) is 30.4 Å². The molecule has 1 heterocycles. The molecule has 0 radical (unpaired) electrons. The molecule has 1 aromatic carbocycles. The Bertz CT molecular complexity index is 719. The molecule has 0 fully saturated rings. The van der Waals surface area contributed by atoms with E-state index in [2.05, 4.69) is 4.98 Å². The Hall–Kier alpha value is -2.60. The summed E-state index contributed by atoms with van der Waals surface area (Å²) in [6.45, 7) is 0. The summed E-state index contributed by atoms with van der Waals surface area (Å²) in [4.78, 5) is 15.5. The van der Waals surface area contributed by atoms with Gasteiger partial charge < -0.3 is 14.6 Å². The number of nitrogens with zero attached hydrogens (tertiary/aromatic N) is 1. The van der Waals surface area contributed by atoms with Crippen molar-refractivity contribution in [3.05, 3.63) is 45.9 Å². The van der Waals surface area contributed by atoms with Gasteiger partial charge in [0.1, 0.15) is 5.01 Å². The summed E-state index contributed by atoms with van der Waals surface area (Å²) in [7, 11) is 3.18. The average molecular weight is 317 g/mol. The highest BCUT2D eigenvalue weighted by Crippen LogP contribution is 2.28. The number of aliphatic carboxylic acids is 1. The minimum absolute atomic E-state index is 0.661. The zero-order valence-electron chi connectivity index (χ0n) is 12.1. The lowest BCUT2D eigenvalue weighted by Crippen LogP contribution is -1.90. The number of carbonyl (C=O) groups is 1. The standard InChI is InChI=1S/C16H15NO4S/c1-20-13-6-3-11(9-14(13)21-2)4-7-15-17-10-12(22-15)5-8-16(18)19/h3-10H,1-2H3,(H,18,19)/b7-4+,8-5+. The molecule has 0 saturated carbocycles. The van der Waals surface area contributed by atoms with E-state index >= 15 is 0 Å². The number of carboxylic acid groups (broad SMARTS) is 1. The van der Waals surface area contributed by atoms with E-state index in [0.29, 0.717) is 11.5 Å². The van der Waals surface area contributed by atoms with Gasteiger partial charge in [-0.2, -0.15) is 0 Å². The molecular weight excluding hydrogens is 302 g/mol.